The molecule has 0 aromatic carbocycles. The summed E-state index contributed by atoms with van der Waals surface area (Å²) in [6.45, 7) is 0. The van der Waals surface area contributed by atoms with Crippen LogP contribution < -0.4 is 0 Å². The number of hydrogen-bond acceptors (Lipinski definition) is 4. The second kappa shape index (κ2) is 16.0. The molecule has 0 spiro atoms. The molecule has 0 aromatic rings. The van der Waals surface area contributed by atoms with Gasteiger partial charge in [-0.1, -0.05) is 23.3 Å². The van der Waals surface area contributed by atoms with E-state index in [2.05, 4.69) is 23.3 Å². The quantitative estimate of drug-likeness (QED) is 0.359. The maximum absolute atomic E-state index is 3.72. The van der Waals surface area contributed by atoms with Crippen molar-refractivity contribution in [2.45, 2.75) is 0 Å². The van der Waals surface area contributed by atoms with Crippen LogP contribution in [0.5, 0.6) is 0 Å². The van der Waals surface area contributed by atoms with Crippen LogP contribution in [0.1, 0.15) is 0 Å². The van der Waals surface area contributed by atoms with E-state index in [0.717, 1.165) is 0 Å². The summed E-state index contributed by atoms with van der Waals surface area (Å²) in [5.41, 5.74) is 0. The zero-order chi connectivity index (χ0) is 3.41. The Morgan fingerprint density at radius 2 is 1.17 bits per heavy atom. The van der Waals surface area contributed by atoms with E-state index in [4.69, 9.17) is 0 Å². The summed E-state index contributed by atoms with van der Waals surface area (Å²) in [6.07, 6.45) is 0. The number of thiol groups is 2. The van der Waals surface area contributed by atoms with Crippen LogP contribution in [0.3, 0.4) is 0 Å². The molecule has 0 aromatic heterocycles. The van der Waals surface area contributed by atoms with E-state index < -0.39 is 0 Å². The van der Waals surface area contributed by atoms with E-state index in [9.17, 15) is 0 Å². The standard InChI is InChI=1S/K.Na.H2S4.2H/c;;1-3-4-2;;/h;;1-2H;;. The molecule has 0 nitrogen and oxygen atoms in total. The minimum absolute atomic E-state index is 0. The van der Waals surface area contributed by atoms with Crippen LogP contribution in [0.2, 0.25) is 0 Å². The molecule has 0 rings (SSSR count). The van der Waals surface area contributed by atoms with Gasteiger partial charge >= 0.3 is 80.9 Å². The predicted octanol–water partition coefficient (Wildman–Crippen LogP) is 0.760. The van der Waals surface area contributed by atoms with Crippen LogP contribution in [0.15, 0.2) is 0 Å². The van der Waals surface area contributed by atoms with E-state index in [1.165, 1.54) is 19.7 Å². The Bertz CT molecular complexity index is 9.51. The van der Waals surface area contributed by atoms with Crippen molar-refractivity contribution in [3.05, 3.63) is 0 Å². The molecule has 0 saturated carbocycles. The molecular formula is H4KNaS4. The third-order valence-corrected chi connectivity index (χ3v) is 2.70. The fourth-order valence-corrected chi connectivity index (χ4v) is 0. The fraction of sp³-hybridized carbons (Fsp3) is 0. The zero-order valence-electron chi connectivity index (χ0n) is 1.71. The summed E-state index contributed by atoms with van der Waals surface area (Å²) in [7, 11) is 2.66. The van der Waals surface area contributed by atoms with Crippen molar-refractivity contribution < 1.29 is 0 Å². The molecule has 0 amide bonds. The summed E-state index contributed by atoms with van der Waals surface area (Å²) in [5.74, 6) is 0. The van der Waals surface area contributed by atoms with Crippen molar-refractivity contribution in [1.82, 2.24) is 0 Å². The zero-order valence-corrected chi connectivity index (χ0v) is 5.13. The minimum atomic E-state index is 0. The molecule has 0 atom stereocenters. The van der Waals surface area contributed by atoms with Gasteiger partial charge in [-0.25, -0.2) is 0 Å². The summed E-state index contributed by atoms with van der Waals surface area (Å²) in [4.78, 5) is 0. The van der Waals surface area contributed by atoms with Crippen LogP contribution in [0.25, 0.3) is 0 Å². The topological polar surface area (TPSA) is 0 Å². The fourth-order valence-electron chi connectivity index (χ4n) is 0. The van der Waals surface area contributed by atoms with Crippen molar-refractivity contribution in [2.24, 2.45) is 0 Å². The third kappa shape index (κ3) is 15.7. The monoisotopic (exact) mass is 194 g/mol. The molecule has 30 valence electrons. The van der Waals surface area contributed by atoms with E-state index in [0.29, 0.717) is 0 Å². The molecule has 0 radical (unpaired) electrons. The average Bonchev–Trinajstić information content (AvgIpc) is 1.37. The SMILES string of the molecule is SSSS.[KH].[NaH]. The van der Waals surface area contributed by atoms with Gasteiger partial charge in [0, 0.05) is 0 Å². The Kier molecular flexibility index (Phi) is 44.2. The van der Waals surface area contributed by atoms with Gasteiger partial charge in [-0.05, 0) is 19.7 Å². The second-order valence-electron chi connectivity index (χ2n) is 0.149. The molecule has 0 saturated heterocycles. The van der Waals surface area contributed by atoms with Gasteiger partial charge < -0.3 is 0 Å². The van der Waals surface area contributed by atoms with Gasteiger partial charge in [-0.2, -0.15) is 0 Å². The van der Waals surface area contributed by atoms with E-state index in [-0.39, 0.29) is 80.9 Å². The first kappa shape index (κ1) is 16.6. The van der Waals surface area contributed by atoms with Crippen molar-refractivity contribution in [1.29, 1.82) is 0 Å². The third-order valence-electron chi connectivity index (χ3n) is 0.0333. The molecule has 0 N–H and O–H groups in total. The molecule has 0 aliphatic carbocycles. The van der Waals surface area contributed by atoms with E-state index >= 15 is 0 Å². The summed E-state index contributed by atoms with van der Waals surface area (Å²) in [6, 6.07) is 0. The summed E-state index contributed by atoms with van der Waals surface area (Å²) < 4.78 is 0. The van der Waals surface area contributed by atoms with Crippen LogP contribution in [-0.4, -0.2) is 80.9 Å². The first-order valence-corrected chi connectivity index (χ1v) is 4.79. The molecule has 0 aliphatic rings. The second-order valence-corrected chi connectivity index (χ2v) is 4.02. The van der Waals surface area contributed by atoms with Gasteiger partial charge in [0.05, 0.1) is 0 Å². The van der Waals surface area contributed by atoms with Crippen molar-refractivity contribution in [2.75, 3.05) is 0 Å². The number of rotatable bonds is 1. The molecule has 0 bridgehead atoms. The van der Waals surface area contributed by atoms with Gasteiger partial charge in [0.2, 0.25) is 0 Å². The molecule has 0 fully saturated rings. The Balaban J connectivity index is -0.0000000450. The van der Waals surface area contributed by atoms with Gasteiger partial charge in [-0.3, -0.25) is 0 Å². The van der Waals surface area contributed by atoms with Gasteiger partial charge in [0.1, 0.15) is 0 Å². The molecule has 6 heteroatoms. The predicted molar refractivity (Wildman–Crippen MR) is 47.5 cm³/mol. The summed E-state index contributed by atoms with van der Waals surface area (Å²) >= 11 is 7.45. The molecule has 0 aliphatic heterocycles. The Labute approximate surface area is 120 Å². The van der Waals surface area contributed by atoms with Crippen molar-refractivity contribution in [3.8, 4) is 0 Å². The first-order valence-electron chi connectivity index (χ1n) is 0.532. The average molecular weight is 194 g/mol. The van der Waals surface area contributed by atoms with E-state index in [1.807, 2.05) is 0 Å². The van der Waals surface area contributed by atoms with Crippen molar-refractivity contribution in [3.63, 3.8) is 0 Å². The van der Waals surface area contributed by atoms with Gasteiger partial charge in [0.15, 0.2) is 0 Å². The Morgan fingerprint density at radius 1 is 1.00 bits per heavy atom. The normalized spacial score (nSPS) is 5.00. The molecular weight excluding hydrogens is 190 g/mol. The molecule has 0 heterocycles. The molecule has 0 unspecified atom stereocenters. The van der Waals surface area contributed by atoms with Gasteiger partial charge in [-0.15, -0.1) is 0 Å². The van der Waals surface area contributed by atoms with Crippen LogP contribution in [-0.2, 0) is 0 Å². The number of hydrogen-bond donors (Lipinski definition) is 2. The van der Waals surface area contributed by atoms with Gasteiger partial charge in [0.25, 0.3) is 0 Å². The Morgan fingerprint density at radius 3 is 1.17 bits per heavy atom. The van der Waals surface area contributed by atoms with Crippen LogP contribution >= 0.6 is 43.0 Å². The van der Waals surface area contributed by atoms with Crippen LogP contribution in [0.4, 0.5) is 0 Å². The molecule has 6 heavy (non-hydrogen) atoms. The van der Waals surface area contributed by atoms with E-state index in [1.54, 1.807) is 0 Å². The summed E-state index contributed by atoms with van der Waals surface area (Å²) in [5, 5.41) is 0. The Hall–Kier alpha value is 4.04. The first-order chi connectivity index (χ1) is 1.91. The van der Waals surface area contributed by atoms with Crippen LogP contribution in [0, 0.1) is 0 Å². The van der Waals surface area contributed by atoms with Crippen molar-refractivity contribution >= 4 is 124 Å². The maximum atomic E-state index is 3.72.